The first-order valence-electron chi connectivity index (χ1n) is 11.3. The smallest absolute Gasteiger partial charge is 0.225 e. The van der Waals surface area contributed by atoms with Gasteiger partial charge in [-0.25, -0.2) is 0 Å². The second-order valence-corrected chi connectivity index (χ2v) is 9.05. The Kier molecular flexibility index (Phi) is 6.31. The van der Waals surface area contributed by atoms with Gasteiger partial charge in [-0.1, -0.05) is 36.8 Å². The highest BCUT2D eigenvalue weighted by atomic mass is 16.2. The zero-order chi connectivity index (χ0) is 20.2. The molecular weight excluding hydrogens is 364 g/mol. The summed E-state index contributed by atoms with van der Waals surface area (Å²) < 4.78 is 0. The van der Waals surface area contributed by atoms with Crippen LogP contribution in [0.1, 0.15) is 56.9 Å². The molecule has 0 spiro atoms. The Morgan fingerprint density at radius 2 is 1.62 bits per heavy atom. The van der Waals surface area contributed by atoms with Gasteiger partial charge in [0.25, 0.3) is 0 Å². The second kappa shape index (κ2) is 9.10. The minimum absolute atomic E-state index is 0.0278. The number of benzene rings is 1. The molecular formula is C24H32N2O3. The van der Waals surface area contributed by atoms with Gasteiger partial charge in [-0.15, -0.1) is 0 Å². The van der Waals surface area contributed by atoms with Crippen molar-refractivity contribution >= 4 is 17.6 Å². The molecule has 1 aromatic rings. The number of nitrogens with one attached hydrogen (secondary N) is 1. The Morgan fingerprint density at radius 1 is 0.966 bits per heavy atom. The van der Waals surface area contributed by atoms with Gasteiger partial charge in [-0.3, -0.25) is 14.4 Å². The van der Waals surface area contributed by atoms with Gasteiger partial charge in [0, 0.05) is 43.3 Å². The highest BCUT2D eigenvalue weighted by Crippen LogP contribution is 2.40. The van der Waals surface area contributed by atoms with Crippen LogP contribution in [0.15, 0.2) is 30.3 Å². The van der Waals surface area contributed by atoms with Crippen molar-refractivity contribution in [3.63, 3.8) is 0 Å². The number of hydrogen-bond donors (Lipinski definition) is 1. The first-order valence-corrected chi connectivity index (χ1v) is 11.3. The van der Waals surface area contributed by atoms with Crippen molar-refractivity contribution < 1.29 is 14.4 Å². The van der Waals surface area contributed by atoms with Gasteiger partial charge in [0.05, 0.1) is 0 Å². The molecule has 29 heavy (non-hydrogen) atoms. The molecule has 3 atom stereocenters. The normalized spacial score (nSPS) is 27.5. The summed E-state index contributed by atoms with van der Waals surface area (Å²) in [5, 5.41) is 3.14. The SMILES string of the molecule is O=C(CCc1ccccc1)NC1CCN(C(=O)C2C[C@H]3CCC[C@@H](C2)C3=O)CC1. The number of carbonyl (C=O) groups excluding carboxylic acids is 3. The molecule has 1 N–H and O–H groups in total. The molecule has 3 fully saturated rings. The lowest BCUT2D eigenvalue weighted by atomic mass is 9.67. The summed E-state index contributed by atoms with van der Waals surface area (Å²) >= 11 is 0. The van der Waals surface area contributed by atoms with E-state index in [2.05, 4.69) is 5.32 Å². The van der Waals surface area contributed by atoms with Gasteiger partial charge >= 0.3 is 0 Å². The third kappa shape index (κ3) is 4.88. The summed E-state index contributed by atoms with van der Waals surface area (Å²) in [6.07, 6.45) is 7.48. The van der Waals surface area contributed by atoms with Crippen molar-refractivity contribution in [3.8, 4) is 0 Å². The van der Waals surface area contributed by atoms with E-state index in [0.29, 0.717) is 25.3 Å². The summed E-state index contributed by atoms with van der Waals surface area (Å²) in [6.45, 7) is 1.42. The van der Waals surface area contributed by atoms with Crippen LogP contribution in [0.25, 0.3) is 0 Å². The number of ketones is 1. The van der Waals surface area contributed by atoms with Crippen molar-refractivity contribution in [1.29, 1.82) is 0 Å². The van der Waals surface area contributed by atoms with E-state index < -0.39 is 0 Å². The number of Topliss-reactive ketones (excluding diaryl/α,β-unsaturated/α-hetero) is 1. The molecule has 1 unspecified atom stereocenters. The molecule has 0 aromatic heterocycles. The van der Waals surface area contributed by atoms with Crippen LogP contribution in [0.2, 0.25) is 0 Å². The van der Waals surface area contributed by atoms with E-state index in [1.807, 2.05) is 35.2 Å². The van der Waals surface area contributed by atoms with Gasteiger partial charge in [-0.05, 0) is 50.5 Å². The molecule has 5 heteroatoms. The molecule has 156 valence electrons. The number of hydrogen-bond acceptors (Lipinski definition) is 3. The predicted molar refractivity (Wildman–Crippen MR) is 111 cm³/mol. The van der Waals surface area contributed by atoms with E-state index in [-0.39, 0.29) is 35.6 Å². The Morgan fingerprint density at radius 3 is 2.28 bits per heavy atom. The summed E-state index contributed by atoms with van der Waals surface area (Å²) in [6, 6.07) is 10.2. The Labute approximate surface area is 173 Å². The van der Waals surface area contributed by atoms with Crippen LogP contribution in [0.3, 0.4) is 0 Å². The molecule has 2 saturated carbocycles. The first-order chi connectivity index (χ1) is 14.1. The summed E-state index contributed by atoms with van der Waals surface area (Å²) in [5.41, 5.74) is 1.18. The number of rotatable bonds is 5. The predicted octanol–water partition coefficient (Wildman–Crippen LogP) is 3.12. The molecule has 1 saturated heterocycles. The van der Waals surface area contributed by atoms with E-state index in [4.69, 9.17) is 0 Å². The van der Waals surface area contributed by atoms with Crippen molar-refractivity contribution in [2.45, 2.75) is 63.8 Å². The Hall–Kier alpha value is -2.17. The summed E-state index contributed by atoms with van der Waals surface area (Å²) in [4.78, 5) is 39.5. The molecule has 4 rings (SSSR count). The van der Waals surface area contributed by atoms with Crippen molar-refractivity contribution in [3.05, 3.63) is 35.9 Å². The molecule has 5 nitrogen and oxygen atoms in total. The number of piperidine rings is 1. The van der Waals surface area contributed by atoms with E-state index in [1.165, 1.54) is 5.56 Å². The summed E-state index contributed by atoms with van der Waals surface area (Å²) in [5.74, 6) is 1.02. The number of amides is 2. The van der Waals surface area contributed by atoms with Crippen molar-refractivity contribution in [1.82, 2.24) is 10.2 Å². The average molecular weight is 397 g/mol. The topological polar surface area (TPSA) is 66.5 Å². The van der Waals surface area contributed by atoms with E-state index >= 15 is 0 Å². The molecule has 2 aliphatic carbocycles. The monoisotopic (exact) mass is 396 g/mol. The van der Waals surface area contributed by atoms with Gasteiger partial charge in [0.2, 0.25) is 11.8 Å². The van der Waals surface area contributed by atoms with Gasteiger partial charge in [0.1, 0.15) is 5.78 Å². The Balaban J connectivity index is 1.20. The Bertz CT molecular complexity index is 724. The fraction of sp³-hybridized carbons (Fsp3) is 0.625. The van der Waals surface area contributed by atoms with E-state index in [0.717, 1.165) is 51.4 Å². The quantitative estimate of drug-likeness (QED) is 0.832. The maximum absolute atomic E-state index is 13.0. The second-order valence-electron chi connectivity index (χ2n) is 9.05. The standard InChI is InChI=1S/C24H32N2O3/c27-22(10-9-17-5-2-1-3-6-17)25-21-11-13-26(14-12-21)24(29)20-15-18-7-4-8-19(16-20)23(18)28/h1-3,5-6,18-21H,4,7-16H2,(H,25,27)/t18-,19+,20?. The fourth-order valence-electron chi connectivity index (χ4n) is 5.39. The highest BCUT2D eigenvalue weighted by Gasteiger charge is 2.42. The molecule has 3 aliphatic rings. The largest absolute Gasteiger partial charge is 0.353 e. The van der Waals surface area contributed by atoms with Gasteiger partial charge in [-0.2, -0.15) is 0 Å². The first kappa shape index (κ1) is 20.1. The van der Waals surface area contributed by atoms with Crippen LogP contribution in [0, 0.1) is 17.8 Å². The number of nitrogens with zero attached hydrogens (tertiary/aromatic N) is 1. The maximum Gasteiger partial charge on any atom is 0.225 e. The number of likely N-dealkylation sites (tertiary alicyclic amines) is 1. The lowest BCUT2D eigenvalue weighted by Gasteiger charge is -2.40. The third-order valence-electron chi connectivity index (χ3n) is 7.05. The number of carbonyl (C=O) groups is 3. The molecule has 2 bridgehead atoms. The zero-order valence-corrected chi connectivity index (χ0v) is 17.1. The zero-order valence-electron chi connectivity index (χ0n) is 17.1. The number of fused-ring (bicyclic) bond motifs is 2. The lowest BCUT2D eigenvalue weighted by molar-refractivity contribution is -0.143. The highest BCUT2D eigenvalue weighted by molar-refractivity contribution is 5.88. The van der Waals surface area contributed by atoms with Crippen molar-refractivity contribution in [2.24, 2.45) is 17.8 Å². The van der Waals surface area contributed by atoms with Gasteiger partial charge in [0.15, 0.2) is 0 Å². The van der Waals surface area contributed by atoms with Crippen LogP contribution in [0.5, 0.6) is 0 Å². The molecule has 0 radical (unpaired) electrons. The maximum atomic E-state index is 13.0. The number of aryl methyl sites for hydroxylation is 1. The lowest BCUT2D eigenvalue weighted by Crippen LogP contribution is -2.50. The minimum atomic E-state index is 0.0278. The van der Waals surface area contributed by atoms with E-state index in [1.54, 1.807) is 0 Å². The van der Waals surface area contributed by atoms with Crippen LogP contribution >= 0.6 is 0 Å². The van der Waals surface area contributed by atoms with Crippen LogP contribution in [-0.2, 0) is 20.8 Å². The molecule has 1 aliphatic heterocycles. The van der Waals surface area contributed by atoms with Crippen LogP contribution < -0.4 is 5.32 Å². The van der Waals surface area contributed by atoms with Crippen molar-refractivity contribution in [2.75, 3.05) is 13.1 Å². The third-order valence-corrected chi connectivity index (χ3v) is 7.05. The fourth-order valence-corrected chi connectivity index (χ4v) is 5.39. The van der Waals surface area contributed by atoms with Gasteiger partial charge < -0.3 is 10.2 Å². The molecule has 2 amide bonds. The minimum Gasteiger partial charge on any atom is -0.353 e. The molecule has 1 aromatic carbocycles. The van der Waals surface area contributed by atoms with Crippen LogP contribution in [-0.4, -0.2) is 41.6 Å². The molecule has 1 heterocycles. The average Bonchev–Trinajstić information content (AvgIpc) is 2.73. The summed E-state index contributed by atoms with van der Waals surface area (Å²) in [7, 11) is 0. The van der Waals surface area contributed by atoms with Crippen LogP contribution in [0.4, 0.5) is 0 Å². The van der Waals surface area contributed by atoms with E-state index in [9.17, 15) is 14.4 Å².